The molecule has 1 atom stereocenters. The molecule has 1 heterocycles. The highest BCUT2D eigenvalue weighted by atomic mass is 16.7. The second-order valence-corrected chi connectivity index (χ2v) is 7.45. The lowest BCUT2D eigenvalue weighted by molar-refractivity contribution is -0.161. The van der Waals surface area contributed by atoms with E-state index >= 15 is 0 Å². The van der Waals surface area contributed by atoms with Gasteiger partial charge >= 0.3 is 5.97 Å². The number of aryl methyl sites for hydroxylation is 2. The molecule has 1 saturated heterocycles. The maximum Gasteiger partial charge on any atom is 0.373 e. The van der Waals surface area contributed by atoms with Crippen molar-refractivity contribution in [2.75, 3.05) is 20.3 Å². The molecular formula is C24H30O5. The van der Waals surface area contributed by atoms with E-state index in [9.17, 15) is 4.79 Å². The number of hydrogen-bond donors (Lipinski definition) is 0. The molecule has 5 heteroatoms. The van der Waals surface area contributed by atoms with Crippen molar-refractivity contribution in [2.24, 2.45) is 0 Å². The molecule has 0 aromatic heterocycles. The molecule has 1 unspecified atom stereocenters. The lowest BCUT2D eigenvalue weighted by Crippen LogP contribution is -2.24. The second kappa shape index (κ2) is 10.3. The van der Waals surface area contributed by atoms with Crippen LogP contribution in [0.3, 0.4) is 0 Å². The van der Waals surface area contributed by atoms with Crippen LogP contribution in [0.2, 0.25) is 0 Å². The van der Waals surface area contributed by atoms with Crippen LogP contribution in [0.5, 0.6) is 5.75 Å². The summed E-state index contributed by atoms with van der Waals surface area (Å²) in [5.74, 6) is 0.522. The van der Waals surface area contributed by atoms with E-state index in [1.165, 1.54) is 12.7 Å². The van der Waals surface area contributed by atoms with E-state index in [-0.39, 0.29) is 5.76 Å². The molecular weight excluding hydrogens is 368 g/mol. The molecule has 0 bridgehead atoms. The first-order valence-electron chi connectivity index (χ1n) is 10.2. The van der Waals surface area contributed by atoms with E-state index in [1.807, 2.05) is 26.0 Å². The molecule has 1 aliphatic carbocycles. The van der Waals surface area contributed by atoms with Gasteiger partial charge in [0.1, 0.15) is 12.4 Å². The average Bonchev–Trinajstić information content (AvgIpc) is 2.73. The van der Waals surface area contributed by atoms with Crippen molar-refractivity contribution in [3.63, 3.8) is 0 Å². The SMILES string of the molecule is COC(=O)/C(=C/c1cc(C)c(OCC2=CCCC=C2)c(C)c1)OC1CCCCO1. The molecule has 29 heavy (non-hydrogen) atoms. The van der Waals surface area contributed by atoms with Crippen LogP contribution in [0.1, 0.15) is 48.8 Å². The Morgan fingerprint density at radius 3 is 2.62 bits per heavy atom. The molecule has 0 radical (unpaired) electrons. The smallest absolute Gasteiger partial charge is 0.373 e. The summed E-state index contributed by atoms with van der Waals surface area (Å²) >= 11 is 0. The number of benzene rings is 1. The van der Waals surface area contributed by atoms with Gasteiger partial charge in [-0.05, 0) is 80.0 Å². The summed E-state index contributed by atoms with van der Waals surface area (Å²) in [6, 6.07) is 3.98. The number of carbonyl (C=O) groups excluding carboxylic acids is 1. The van der Waals surface area contributed by atoms with Crippen LogP contribution in [0, 0.1) is 13.8 Å². The quantitative estimate of drug-likeness (QED) is 0.367. The Morgan fingerprint density at radius 2 is 2.00 bits per heavy atom. The van der Waals surface area contributed by atoms with Gasteiger partial charge < -0.3 is 18.9 Å². The topological polar surface area (TPSA) is 54.0 Å². The van der Waals surface area contributed by atoms with Gasteiger partial charge in [0.25, 0.3) is 0 Å². The van der Waals surface area contributed by atoms with Crippen LogP contribution >= 0.6 is 0 Å². The molecule has 156 valence electrons. The second-order valence-electron chi connectivity index (χ2n) is 7.45. The van der Waals surface area contributed by atoms with Crippen molar-refractivity contribution in [3.05, 3.63) is 58.4 Å². The summed E-state index contributed by atoms with van der Waals surface area (Å²) in [5, 5.41) is 0. The Balaban J connectivity index is 1.76. The normalized spacial score (nSPS) is 19.5. The van der Waals surface area contributed by atoms with Gasteiger partial charge in [0.2, 0.25) is 5.76 Å². The van der Waals surface area contributed by atoms with E-state index in [0.717, 1.165) is 54.5 Å². The maximum absolute atomic E-state index is 12.2. The number of esters is 1. The number of methoxy groups -OCH3 is 1. The fourth-order valence-electron chi connectivity index (χ4n) is 3.56. The average molecular weight is 398 g/mol. The maximum atomic E-state index is 12.2. The van der Waals surface area contributed by atoms with Crippen molar-refractivity contribution < 1.29 is 23.7 Å². The number of hydrogen-bond acceptors (Lipinski definition) is 5. The summed E-state index contributed by atoms with van der Waals surface area (Å²) in [4.78, 5) is 12.2. The first-order chi connectivity index (χ1) is 14.1. The van der Waals surface area contributed by atoms with E-state index in [4.69, 9.17) is 18.9 Å². The largest absolute Gasteiger partial charge is 0.488 e. The van der Waals surface area contributed by atoms with E-state index in [2.05, 4.69) is 18.2 Å². The summed E-state index contributed by atoms with van der Waals surface area (Å²) in [5.41, 5.74) is 4.08. The standard InChI is InChI=1S/C24H30O5/c1-17-13-20(14-18(2)23(17)28-16-19-9-5-4-6-10-19)15-21(24(25)26-3)29-22-11-7-8-12-27-22/h5,9-10,13-15,22H,4,6-8,11-12,16H2,1-3H3/b21-15-. The van der Waals surface area contributed by atoms with Crippen LogP contribution < -0.4 is 4.74 Å². The van der Waals surface area contributed by atoms with Crippen molar-refractivity contribution in [3.8, 4) is 5.75 Å². The molecule has 1 fully saturated rings. The Hall–Kier alpha value is -2.53. The van der Waals surface area contributed by atoms with E-state index in [0.29, 0.717) is 13.2 Å². The minimum atomic E-state index is -0.508. The summed E-state index contributed by atoms with van der Waals surface area (Å²) < 4.78 is 22.4. The fourth-order valence-corrected chi connectivity index (χ4v) is 3.56. The zero-order chi connectivity index (χ0) is 20.6. The van der Waals surface area contributed by atoms with Crippen LogP contribution in [0.4, 0.5) is 0 Å². The Bertz CT molecular complexity index is 790. The highest BCUT2D eigenvalue weighted by Crippen LogP contribution is 2.28. The fraction of sp³-hybridized carbons (Fsp3) is 0.458. The predicted octanol–water partition coefficient (Wildman–Crippen LogP) is 5.02. The van der Waals surface area contributed by atoms with Gasteiger partial charge in [0.15, 0.2) is 6.29 Å². The molecule has 2 aliphatic rings. The van der Waals surface area contributed by atoms with Gasteiger partial charge in [0.05, 0.1) is 13.7 Å². The minimum Gasteiger partial charge on any atom is -0.488 e. The molecule has 1 aliphatic heterocycles. The van der Waals surface area contributed by atoms with Crippen LogP contribution in [-0.2, 0) is 19.0 Å². The van der Waals surface area contributed by atoms with Gasteiger partial charge in [-0.15, -0.1) is 0 Å². The van der Waals surface area contributed by atoms with Gasteiger partial charge in [-0.2, -0.15) is 0 Å². The number of allylic oxidation sites excluding steroid dienone is 2. The summed E-state index contributed by atoms with van der Waals surface area (Å²) in [6.07, 6.45) is 12.8. The Morgan fingerprint density at radius 1 is 1.21 bits per heavy atom. The first-order valence-corrected chi connectivity index (χ1v) is 10.2. The summed E-state index contributed by atoms with van der Waals surface area (Å²) in [7, 11) is 1.35. The predicted molar refractivity (Wildman–Crippen MR) is 113 cm³/mol. The van der Waals surface area contributed by atoms with Gasteiger partial charge in [0, 0.05) is 6.42 Å². The number of rotatable bonds is 7. The van der Waals surface area contributed by atoms with Gasteiger partial charge in [-0.3, -0.25) is 0 Å². The number of carbonyl (C=O) groups is 1. The number of ether oxygens (including phenoxy) is 4. The van der Waals surface area contributed by atoms with Crippen molar-refractivity contribution in [1.82, 2.24) is 0 Å². The molecule has 0 N–H and O–H groups in total. The molecule has 5 nitrogen and oxygen atoms in total. The summed E-state index contributed by atoms with van der Waals surface area (Å²) in [6.45, 7) is 5.22. The molecule has 0 spiro atoms. The van der Waals surface area contributed by atoms with Crippen molar-refractivity contribution in [1.29, 1.82) is 0 Å². The van der Waals surface area contributed by atoms with Crippen LogP contribution in [-0.4, -0.2) is 32.6 Å². The zero-order valence-electron chi connectivity index (χ0n) is 17.5. The molecule has 3 rings (SSSR count). The highest BCUT2D eigenvalue weighted by Gasteiger charge is 2.21. The highest BCUT2D eigenvalue weighted by molar-refractivity contribution is 5.91. The van der Waals surface area contributed by atoms with E-state index < -0.39 is 12.3 Å². The minimum absolute atomic E-state index is 0.157. The zero-order valence-corrected chi connectivity index (χ0v) is 17.5. The van der Waals surface area contributed by atoms with Gasteiger partial charge in [-0.1, -0.05) is 18.2 Å². The van der Waals surface area contributed by atoms with Crippen LogP contribution in [0.15, 0.2) is 41.7 Å². The van der Waals surface area contributed by atoms with Crippen molar-refractivity contribution in [2.45, 2.75) is 52.2 Å². The van der Waals surface area contributed by atoms with Crippen molar-refractivity contribution >= 4 is 12.0 Å². The Labute approximate surface area is 173 Å². The van der Waals surface area contributed by atoms with E-state index in [1.54, 1.807) is 6.08 Å². The Kier molecular flexibility index (Phi) is 7.53. The molecule has 0 saturated carbocycles. The third-order valence-corrected chi connectivity index (χ3v) is 5.02. The lowest BCUT2D eigenvalue weighted by atomic mass is 10.0. The molecule has 0 amide bonds. The van der Waals surface area contributed by atoms with Gasteiger partial charge in [-0.25, -0.2) is 4.79 Å². The third kappa shape index (κ3) is 5.97. The molecule has 1 aromatic rings. The lowest BCUT2D eigenvalue weighted by Gasteiger charge is -2.24. The monoisotopic (exact) mass is 398 g/mol. The third-order valence-electron chi connectivity index (χ3n) is 5.02. The first kappa shape index (κ1) is 21.2. The molecule has 1 aromatic carbocycles. The van der Waals surface area contributed by atoms with Crippen LogP contribution in [0.25, 0.3) is 6.08 Å².